The van der Waals surface area contributed by atoms with Crippen molar-refractivity contribution in [1.29, 1.82) is 0 Å². The van der Waals surface area contributed by atoms with Crippen LogP contribution in [0.3, 0.4) is 0 Å². The Morgan fingerprint density at radius 2 is 2.15 bits per heavy atom. The number of thiocarbonyl (C=S) groups is 1. The van der Waals surface area contributed by atoms with E-state index in [1.165, 1.54) is 0 Å². The Bertz CT molecular complexity index is 748. The lowest BCUT2D eigenvalue weighted by atomic mass is 10.2. The molecule has 1 aromatic rings. The summed E-state index contributed by atoms with van der Waals surface area (Å²) in [5.74, 6) is 0.449. The molecule has 150 valence electrons. The highest BCUT2D eigenvalue weighted by Crippen LogP contribution is 2.20. The summed E-state index contributed by atoms with van der Waals surface area (Å²) >= 11 is 5.67. The lowest BCUT2D eigenvalue weighted by Gasteiger charge is -2.33. The topological polar surface area (TPSA) is 61.9 Å². The molecule has 1 atom stereocenters. The second-order valence-electron chi connectivity index (χ2n) is 7.36. The molecule has 27 heavy (non-hydrogen) atoms. The van der Waals surface area contributed by atoms with Gasteiger partial charge >= 0.3 is 0 Å². The second kappa shape index (κ2) is 9.32. The van der Waals surface area contributed by atoms with Crippen LogP contribution in [0.4, 0.5) is 5.69 Å². The molecule has 0 unspecified atom stereocenters. The maximum Gasteiger partial charge on any atom is 0.173 e. The molecule has 2 aliphatic rings. The number of hydrogen-bond acceptors (Lipinski definition) is 5. The summed E-state index contributed by atoms with van der Waals surface area (Å²) in [5.41, 5.74) is 2.10. The Kier molecular flexibility index (Phi) is 7.08. The van der Waals surface area contributed by atoms with Crippen molar-refractivity contribution in [2.45, 2.75) is 25.8 Å². The van der Waals surface area contributed by atoms with Gasteiger partial charge in [-0.3, -0.25) is 4.90 Å². The number of hydrogen-bond donors (Lipinski definition) is 1. The molecule has 0 aliphatic carbocycles. The molecule has 2 aliphatic heterocycles. The van der Waals surface area contributed by atoms with Crippen molar-refractivity contribution in [3.8, 4) is 0 Å². The summed E-state index contributed by atoms with van der Waals surface area (Å²) in [6.07, 6.45) is 1.60. The minimum absolute atomic E-state index is 0.0375. The Labute approximate surface area is 167 Å². The summed E-state index contributed by atoms with van der Waals surface area (Å²) in [5, 5.41) is 3.92. The number of nitrogens with zero attached hydrogens (tertiary/aromatic N) is 2. The highest BCUT2D eigenvalue weighted by molar-refractivity contribution is 7.91. The molecule has 2 saturated heterocycles. The number of morpholine rings is 1. The van der Waals surface area contributed by atoms with Crippen LogP contribution in [0.5, 0.6) is 0 Å². The van der Waals surface area contributed by atoms with E-state index in [1.54, 1.807) is 0 Å². The fraction of sp³-hybridized carbons (Fsp3) is 0.632. The molecule has 0 aromatic heterocycles. The van der Waals surface area contributed by atoms with Gasteiger partial charge in [-0.1, -0.05) is 12.1 Å². The van der Waals surface area contributed by atoms with Crippen molar-refractivity contribution in [2.75, 3.05) is 56.2 Å². The van der Waals surface area contributed by atoms with Crippen molar-refractivity contribution in [1.82, 2.24) is 9.80 Å². The van der Waals surface area contributed by atoms with Crippen LogP contribution >= 0.6 is 12.2 Å². The first kappa shape index (κ1) is 20.5. The first-order valence-corrected chi connectivity index (χ1v) is 11.8. The van der Waals surface area contributed by atoms with Crippen LogP contribution in [0.2, 0.25) is 0 Å². The van der Waals surface area contributed by atoms with Gasteiger partial charge in [0.05, 0.1) is 24.7 Å². The number of aryl methyl sites for hydroxylation is 1. The Hall–Kier alpha value is -1.22. The number of anilines is 1. The quantitative estimate of drug-likeness (QED) is 0.718. The number of rotatable bonds is 6. The number of sulfone groups is 1. The molecule has 2 fully saturated rings. The van der Waals surface area contributed by atoms with E-state index in [0.717, 1.165) is 57.1 Å². The molecular weight excluding hydrogens is 382 g/mol. The first-order chi connectivity index (χ1) is 12.9. The van der Waals surface area contributed by atoms with Crippen LogP contribution in [0.25, 0.3) is 0 Å². The normalized spacial score (nSPS) is 22.5. The van der Waals surface area contributed by atoms with Gasteiger partial charge in [0.2, 0.25) is 0 Å². The van der Waals surface area contributed by atoms with Crippen LogP contribution in [0.1, 0.15) is 18.4 Å². The predicted octanol–water partition coefficient (Wildman–Crippen LogP) is 1.90. The van der Waals surface area contributed by atoms with Crippen molar-refractivity contribution in [2.24, 2.45) is 0 Å². The Morgan fingerprint density at radius 3 is 2.81 bits per heavy atom. The summed E-state index contributed by atoms with van der Waals surface area (Å²) < 4.78 is 29.4. The van der Waals surface area contributed by atoms with E-state index < -0.39 is 9.84 Å². The van der Waals surface area contributed by atoms with E-state index in [9.17, 15) is 8.42 Å². The summed E-state index contributed by atoms with van der Waals surface area (Å²) in [6.45, 7) is 7.28. The zero-order valence-electron chi connectivity index (χ0n) is 15.9. The molecule has 0 bridgehead atoms. The summed E-state index contributed by atoms with van der Waals surface area (Å²) in [6, 6.07) is 8.02. The van der Waals surface area contributed by atoms with Gasteiger partial charge in [0.15, 0.2) is 14.9 Å². The number of ether oxygens (including phenoxy) is 1. The van der Waals surface area contributed by atoms with Gasteiger partial charge in [-0.05, 0) is 49.7 Å². The van der Waals surface area contributed by atoms with Gasteiger partial charge in [-0.15, -0.1) is 0 Å². The first-order valence-electron chi connectivity index (χ1n) is 9.58. The number of benzene rings is 1. The molecule has 8 heteroatoms. The molecule has 0 amide bonds. The van der Waals surface area contributed by atoms with Gasteiger partial charge < -0.3 is 15.0 Å². The fourth-order valence-electron chi connectivity index (χ4n) is 3.68. The van der Waals surface area contributed by atoms with E-state index in [2.05, 4.69) is 15.1 Å². The van der Waals surface area contributed by atoms with E-state index >= 15 is 0 Å². The maximum absolute atomic E-state index is 12.0. The highest BCUT2D eigenvalue weighted by atomic mass is 32.2. The zero-order valence-corrected chi connectivity index (χ0v) is 17.5. The average molecular weight is 412 g/mol. The SMILES string of the molecule is Cc1cccc(NC(=S)N(CCCN2CCOCC2)[C@H]2CCS(=O)(=O)C2)c1. The van der Waals surface area contributed by atoms with Crippen molar-refractivity contribution in [3.05, 3.63) is 29.8 Å². The summed E-state index contributed by atoms with van der Waals surface area (Å²) in [4.78, 5) is 4.48. The van der Waals surface area contributed by atoms with Crippen LogP contribution < -0.4 is 5.32 Å². The van der Waals surface area contributed by atoms with Crippen LogP contribution in [0.15, 0.2) is 24.3 Å². The largest absolute Gasteiger partial charge is 0.379 e. The molecule has 3 rings (SSSR count). The van der Waals surface area contributed by atoms with E-state index in [4.69, 9.17) is 17.0 Å². The third kappa shape index (κ3) is 6.14. The van der Waals surface area contributed by atoms with Gasteiger partial charge in [-0.2, -0.15) is 0 Å². The molecule has 0 saturated carbocycles. The molecule has 1 aromatic carbocycles. The standard InChI is InChI=1S/C19H29N3O3S2/c1-16-4-2-5-17(14-16)20-19(26)22(18-6-13-27(23,24)15-18)8-3-7-21-9-11-25-12-10-21/h2,4-5,14,18H,3,6-13,15H2,1H3,(H,20,26)/t18-/m0/s1. The van der Waals surface area contributed by atoms with Crippen molar-refractivity contribution in [3.63, 3.8) is 0 Å². The van der Waals surface area contributed by atoms with Gasteiger partial charge in [-0.25, -0.2) is 8.42 Å². The Balaban J connectivity index is 1.62. The smallest absolute Gasteiger partial charge is 0.173 e. The maximum atomic E-state index is 12.0. The lowest BCUT2D eigenvalue weighted by molar-refractivity contribution is 0.0366. The molecule has 1 N–H and O–H groups in total. The minimum Gasteiger partial charge on any atom is -0.379 e. The molecular formula is C19H29N3O3S2. The van der Waals surface area contributed by atoms with Crippen LogP contribution in [-0.2, 0) is 14.6 Å². The minimum atomic E-state index is -2.96. The molecule has 0 radical (unpaired) electrons. The molecule has 0 spiro atoms. The van der Waals surface area contributed by atoms with E-state index in [-0.39, 0.29) is 17.5 Å². The zero-order chi connectivity index (χ0) is 19.3. The van der Waals surface area contributed by atoms with Gasteiger partial charge in [0, 0.05) is 37.9 Å². The van der Waals surface area contributed by atoms with Crippen molar-refractivity contribution >= 4 is 32.9 Å². The fourth-order valence-corrected chi connectivity index (χ4v) is 5.77. The van der Waals surface area contributed by atoms with Crippen molar-refractivity contribution < 1.29 is 13.2 Å². The third-order valence-corrected chi connectivity index (χ3v) is 7.24. The number of nitrogens with one attached hydrogen (secondary N) is 1. The average Bonchev–Trinajstić information content (AvgIpc) is 2.99. The van der Waals surface area contributed by atoms with E-state index in [1.807, 2.05) is 31.2 Å². The van der Waals surface area contributed by atoms with Gasteiger partial charge in [0.1, 0.15) is 0 Å². The third-order valence-electron chi connectivity index (χ3n) is 5.16. The highest BCUT2D eigenvalue weighted by Gasteiger charge is 2.33. The molecule has 6 nitrogen and oxygen atoms in total. The van der Waals surface area contributed by atoms with Gasteiger partial charge in [0.25, 0.3) is 0 Å². The van der Waals surface area contributed by atoms with E-state index in [0.29, 0.717) is 11.5 Å². The summed E-state index contributed by atoms with van der Waals surface area (Å²) in [7, 11) is -2.96. The van der Waals surface area contributed by atoms with Crippen LogP contribution in [-0.4, -0.2) is 80.3 Å². The second-order valence-corrected chi connectivity index (χ2v) is 9.97. The van der Waals surface area contributed by atoms with Crippen LogP contribution in [0, 0.1) is 6.92 Å². The Morgan fingerprint density at radius 1 is 1.37 bits per heavy atom. The monoisotopic (exact) mass is 411 g/mol. The predicted molar refractivity (Wildman–Crippen MR) is 113 cm³/mol. The molecule has 2 heterocycles. The lowest BCUT2D eigenvalue weighted by Crippen LogP contribution is -2.45.